The third-order valence-corrected chi connectivity index (χ3v) is 4.91. The molecule has 0 saturated carbocycles. The number of benzene rings is 2. The number of hydrogen-bond donors (Lipinski definition) is 0. The molecule has 0 bridgehead atoms. The lowest BCUT2D eigenvalue weighted by atomic mass is 10.1. The molecular formula is C20H17ClN4O4. The lowest BCUT2D eigenvalue weighted by molar-refractivity contribution is -0.384. The largest absolute Gasteiger partial charge is 0.378 e. The van der Waals surface area contributed by atoms with E-state index in [9.17, 15) is 14.9 Å². The van der Waals surface area contributed by atoms with Gasteiger partial charge in [0, 0.05) is 30.2 Å². The topological polar surface area (TPSA) is 88.3 Å². The SMILES string of the molecule is O=C1C(=Cc2ccc(Cl)cc2)C(N2CCOCC2)=NN1c1ccc([N+](=O)[O-])cc1. The summed E-state index contributed by atoms with van der Waals surface area (Å²) < 4.78 is 5.41. The first-order valence-electron chi connectivity index (χ1n) is 9.01. The van der Waals surface area contributed by atoms with Crippen LogP contribution >= 0.6 is 11.6 Å². The van der Waals surface area contributed by atoms with E-state index in [0.717, 1.165) is 5.56 Å². The number of nitrogens with zero attached hydrogens (tertiary/aromatic N) is 4. The highest BCUT2D eigenvalue weighted by molar-refractivity contribution is 6.32. The molecule has 2 aliphatic rings. The van der Waals surface area contributed by atoms with Gasteiger partial charge in [-0.3, -0.25) is 14.9 Å². The molecule has 0 unspecified atom stereocenters. The van der Waals surface area contributed by atoms with E-state index >= 15 is 0 Å². The van der Waals surface area contributed by atoms with Crippen molar-refractivity contribution in [3.8, 4) is 0 Å². The van der Waals surface area contributed by atoms with Gasteiger partial charge in [0.1, 0.15) is 0 Å². The molecule has 0 spiro atoms. The highest BCUT2D eigenvalue weighted by atomic mass is 35.5. The molecule has 2 aliphatic heterocycles. The van der Waals surface area contributed by atoms with E-state index in [1.54, 1.807) is 18.2 Å². The van der Waals surface area contributed by atoms with Crippen LogP contribution in [0, 0.1) is 10.1 Å². The fourth-order valence-corrected chi connectivity index (χ4v) is 3.28. The van der Waals surface area contributed by atoms with Crippen LogP contribution in [0.25, 0.3) is 6.08 Å². The van der Waals surface area contributed by atoms with E-state index in [0.29, 0.717) is 48.4 Å². The van der Waals surface area contributed by atoms with Crippen molar-refractivity contribution in [3.05, 3.63) is 74.8 Å². The van der Waals surface area contributed by atoms with Crippen molar-refractivity contribution in [3.63, 3.8) is 0 Å². The van der Waals surface area contributed by atoms with Crippen LogP contribution in [0.2, 0.25) is 5.02 Å². The van der Waals surface area contributed by atoms with Crippen molar-refractivity contribution in [2.45, 2.75) is 0 Å². The quantitative estimate of drug-likeness (QED) is 0.438. The molecule has 29 heavy (non-hydrogen) atoms. The summed E-state index contributed by atoms with van der Waals surface area (Å²) in [6.07, 6.45) is 1.78. The number of ether oxygens (including phenoxy) is 1. The van der Waals surface area contributed by atoms with Gasteiger partial charge in [0.15, 0.2) is 5.84 Å². The molecule has 1 fully saturated rings. The van der Waals surface area contributed by atoms with E-state index in [-0.39, 0.29) is 11.6 Å². The number of nitro benzene ring substituents is 1. The first-order chi connectivity index (χ1) is 14.0. The summed E-state index contributed by atoms with van der Waals surface area (Å²) in [6, 6.07) is 12.9. The number of hydrazone groups is 1. The molecular weight excluding hydrogens is 396 g/mol. The molecule has 9 heteroatoms. The number of non-ortho nitro benzene ring substituents is 1. The van der Waals surface area contributed by atoms with E-state index < -0.39 is 4.92 Å². The van der Waals surface area contributed by atoms with Crippen LogP contribution in [0.1, 0.15) is 5.56 Å². The molecule has 2 aromatic rings. The minimum absolute atomic E-state index is 0.0466. The van der Waals surface area contributed by atoms with Crippen LogP contribution in [0.4, 0.5) is 11.4 Å². The number of carbonyl (C=O) groups is 1. The zero-order valence-electron chi connectivity index (χ0n) is 15.3. The van der Waals surface area contributed by atoms with Gasteiger partial charge in [-0.2, -0.15) is 5.01 Å². The molecule has 0 atom stereocenters. The van der Waals surface area contributed by atoms with E-state index in [1.165, 1.54) is 29.3 Å². The number of amides is 1. The first kappa shape index (κ1) is 19.1. The van der Waals surface area contributed by atoms with Crippen molar-refractivity contribution in [2.75, 3.05) is 31.3 Å². The van der Waals surface area contributed by atoms with Crippen LogP contribution in [0.3, 0.4) is 0 Å². The predicted octanol–water partition coefficient (Wildman–Crippen LogP) is 3.32. The van der Waals surface area contributed by atoms with Crippen molar-refractivity contribution in [1.29, 1.82) is 0 Å². The van der Waals surface area contributed by atoms with Gasteiger partial charge in [-0.1, -0.05) is 23.7 Å². The van der Waals surface area contributed by atoms with Crippen molar-refractivity contribution >= 4 is 40.8 Å². The minimum atomic E-state index is -0.482. The minimum Gasteiger partial charge on any atom is -0.378 e. The summed E-state index contributed by atoms with van der Waals surface area (Å²) in [7, 11) is 0. The predicted molar refractivity (Wildman–Crippen MR) is 110 cm³/mol. The molecule has 8 nitrogen and oxygen atoms in total. The summed E-state index contributed by atoms with van der Waals surface area (Å²) in [4.78, 5) is 25.6. The van der Waals surface area contributed by atoms with Gasteiger partial charge in [0.25, 0.3) is 11.6 Å². The van der Waals surface area contributed by atoms with Crippen LogP contribution in [-0.4, -0.2) is 47.9 Å². The monoisotopic (exact) mass is 412 g/mol. The van der Waals surface area contributed by atoms with Crippen LogP contribution in [0.5, 0.6) is 0 Å². The molecule has 0 radical (unpaired) electrons. The van der Waals surface area contributed by atoms with Gasteiger partial charge in [0.2, 0.25) is 0 Å². The van der Waals surface area contributed by atoms with Crippen LogP contribution in [-0.2, 0) is 9.53 Å². The number of carbonyl (C=O) groups excluding carboxylic acids is 1. The third-order valence-electron chi connectivity index (χ3n) is 4.66. The third kappa shape index (κ3) is 3.98. The molecule has 0 N–H and O–H groups in total. The van der Waals surface area contributed by atoms with Crippen LogP contribution in [0.15, 0.2) is 59.2 Å². The highest BCUT2D eigenvalue weighted by Gasteiger charge is 2.35. The Hall–Kier alpha value is -3.23. The van der Waals surface area contributed by atoms with Gasteiger partial charge in [0.05, 0.1) is 29.4 Å². The number of halogens is 1. The summed E-state index contributed by atoms with van der Waals surface area (Å²) in [5, 5.41) is 17.3. The number of anilines is 1. The number of rotatable bonds is 3. The average Bonchev–Trinajstić information content (AvgIpc) is 3.06. The maximum atomic E-state index is 13.2. The lowest BCUT2D eigenvalue weighted by Gasteiger charge is -2.28. The first-order valence-corrected chi connectivity index (χ1v) is 9.38. The Balaban J connectivity index is 1.71. The fourth-order valence-electron chi connectivity index (χ4n) is 3.15. The Labute approximate surface area is 171 Å². The Morgan fingerprint density at radius 1 is 1.07 bits per heavy atom. The Morgan fingerprint density at radius 2 is 1.72 bits per heavy atom. The molecule has 2 heterocycles. The van der Waals surface area contributed by atoms with E-state index in [1.807, 2.05) is 17.0 Å². The number of morpholine rings is 1. The zero-order chi connectivity index (χ0) is 20.4. The Kier molecular flexibility index (Phi) is 5.28. The van der Waals surface area contributed by atoms with Gasteiger partial charge in [-0.25, -0.2) is 0 Å². The van der Waals surface area contributed by atoms with E-state index in [2.05, 4.69) is 5.10 Å². The maximum absolute atomic E-state index is 13.2. The molecule has 0 aliphatic carbocycles. The smallest absolute Gasteiger partial charge is 0.282 e. The molecule has 0 aromatic heterocycles. The highest BCUT2D eigenvalue weighted by Crippen LogP contribution is 2.28. The number of amidine groups is 1. The summed E-state index contributed by atoms with van der Waals surface area (Å²) >= 11 is 5.96. The second-order valence-electron chi connectivity index (χ2n) is 6.52. The second kappa shape index (κ2) is 8.02. The van der Waals surface area contributed by atoms with Crippen LogP contribution < -0.4 is 5.01 Å². The van der Waals surface area contributed by atoms with Gasteiger partial charge in [-0.05, 0) is 35.9 Å². The van der Waals surface area contributed by atoms with Crippen molar-refractivity contribution < 1.29 is 14.5 Å². The van der Waals surface area contributed by atoms with Gasteiger partial charge >= 0.3 is 0 Å². The Morgan fingerprint density at radius 3 is 2.34 bits per heavy atom. The normalized spacial score (nSPS) is 18.3. The molecule has 2 aromatic carbocycles. The van der Waals surface area contributed by atoms with E-state index in [4.69, 9.17) is 16.3 Å². The molecule has 1 saturated heterocycles. The van der Waals surface area contributed by atoms with Gasteiger partial charge < -0.3 is 9.64 Å². The number of hydrogen-bond acceptors (Lipinski definition) is 6. The number of nitro groups is 1. The summed E-state index contributed by atoms with van der Waals surface area (Å²) in [5.74, 6) is 0.266. The summed E-state index contributed by atoms with van der Waals surface area (Å²) in [6.45, 7) is 2.36. The molecule has 148 valence electrons. The molecule has 4 rings (SSSR count). The fraction of sp³-hybridized carbons (Fsp3) is 0.200. The Bertz CT molecular complexity index is 996. The van der Waals surface area contributed by atoms with Gasteiger partial charge in [-0.15, -0.1) is 5.10 Å². The van der Waals surface area contributed by atoms with Crippen molar-refractivity contribution in [2.24, 2.45) is 5.10 Å². The summed E-state index contributed by atoms with van der Waals surface area (Å²) in [5.41, 5.74) is 1.69. The maximum Gasteiger partial charge on any atom is 0.282 e. The second-order valence-corrected chi connectivity index (χ2v) is 6.96. The van der Waals surface area contributed by atoms with Crippen molar-refractivity contribution in [1.82, 2.24) is 4.90 Å². The average molecular weight is 413 g/mol. The molecule has 1 amide bonds. The standard InChI is InChI=1S/C20H17ClN4O4/c21-15-3-1-14(2-4-15)13-18-19(23-9-11-29-12-10-23)22-24(20(18)26)16-5-7-17(8-6-16)25(27)28/h1-8,13H,9-12H2. The lowest BCUT2D eigenvalue weighted by Crippen LogP contribution is -2.41. The zero-order valence-corrected chi connectivity index (χ0v) is 16.1.